The first-order valence-corrected chi connectivity index (χ1v) is 4.16. The monoisotopic (exact) mass is 233 g/mol. The van der Waals surface area contributed by atoms with Crippen molar-refractivity contribution in [2.45, 2.75) is 5.51 Å². The minimum atomic E-state index is -5.96. The van der Waals surface area contributed by atoms with Crippen LogP contribution in [0, 0.1) is 0 Å². The van der Waals surface area contributed by atoms with Gasteiger partial charge >= 0.3 is 21.6 Å². The highest BCUT2D eigenvalue weighted by Crippen LogP contribution is 2.24. The van der Waals surface area contributed by atoms with Crippen molar-refractivity contribution in [1.29, 1.82) is 0 Å². The van der Waals surface area contributed by atoms with E-state index in [-0.39, 0.29) is 0 Å². The molecule has 0 aliphatic carbocycles. The molecule has 0 radical (unpaired) electrons. The van der Waals surface area contributed by atoms with Gasteiger partial charge in [-0.3, -0.25) is 4.79 Å². The fourth-order valence-electron chi connectivity index (χ4n) is 0.285. The number of carbonyl (C=O) groups excluding carboxylic acids is 1. The van der Waals surface area contributed by atoms with E-state index in [0.717, 1.165) is 0 Å². The number of alkyl halides is 3. The number of hydrogen-bond donors (Lipinski definition) is 0. The zero-order chi connectivity index (χ0) is 11.4. The van der Waals surface area contributed by atoms with Crippen LogP contribution in [0.25, 0.3) is 10.4 Å². The van der Waals surface area contributed by atoms with Gasteiger partial charge in [0.2, 0.25) is 0 Å². The number of hydrogen-bond acceptors (Lipinski definition) is 5. The van der Waals surface area contributed by atoms with Gasteiger partial charge in [-0.2, -0.15) is 21.6 Å². The predicted octanol–water partition coefficient (Wildman–Crippen LogP) is 0.690. The summed E-state index contributed by atoms with van der Waals surface area (Å²) in [5.41, 5.74) is 1.97. The van der Waals surface area contributed by atoms with E-state index >= 15 is 0 Å². The molecule has 0 heterocycles. The van der Waals surface area contributed by atoms with E-state index in [0.29, 0.717) is 0 Å². The Morgan fingerprint density at radius 1 is 1.50 bits per heavy atom. The third-order valence-electron chi connectivity index (χ3n) is 0.749. The van der Waals surface area contributed by atoms with Crippen molar-refractivity contribution >= 4 is 16.1 Å². The van der Waals surface area contributed by atoms with Gasteiger partial charge in [0.15, 0.2) is 0 Å². The highest BCUT2D eigenvalue weighted by atomic mass is 32.2. The summed E-state index contributed by atoms with van der Waals surface area (Å²) >= 11 is 0. The largest absolute Gasteiger partial charge is 0.534 e. The maximum atomic E-state index is 11.5. The molecule has 0 saturated heterocycles. The summed E-state index contributed by atoms with van der Waals surface area (Å²) in [6.45, 7) is -1.13. The van der Waals surface area contributed by atoms with Crippen LogP contribution in [0.1, 0.15) is 0 Å². The Morgan fingerprint density at radius 3 is 2.36 bits per heavy atom. The molecule has 11 heteroatoms. The zero-order valence-corrected chi connectivity index (χ0v) is 7.04. The molecule has 0 aromatic heterocycles. The van der Waals surface area contributed by atoms with Gasteiger partial charge < -0.3 is 4.18 Å². The second-order valence-corrected chi connectivity index (χ2v) is 3.28. The molecule has 0 atom stereocenters. The van der Waals surface area contributed by atoms with E-state index in [9.17, 15) is 26.4 Å². The Bertz CT molecular complexity index is 367. The second-order valence-electron chi connectivity index (χ2n) is 1.74. The first kappa shape index (κ1) is 12.5. The van der Waals surface area contributed by atoms with Crippen LogP contribution in [0.2, 0.25) is 0 Å². The average Bonchev–Trinajstić information content (AvgIpc) is 1.97. The maximum Gasteiger partial charge on any atom is 0.534 e. The SMILES string of the molecule is [N-]=[N+]=NCC(=O)OS(=O)(=O)C(F)(F)F. The molecule has 0 unspecified atom stereocenters. The molecule has 0 N–H and O–H groups in total. The second kappa shape index (κ2) is 4.15. The lowest BCUT2D eigenvalue weighted by molar-refractivity contribution is -0.134. The summed E-state index contributed by atoms with van der Waals surface area (Å²) in [5, 5.41) is 2.51. The molecule has 80 valence electrons. The van der Waals surface area contributed by atoms with Crippen LogP contribution in [0.3, 0.4) is 0 Å². The Morgan fingerprint density at radius 2 is 2.00 bits per heavy atom. The molecule has 7 nitrogen and oxygen atoms in total. The van der Waals surface area contributed by atoms with Gasteiger partial charge in [-0.25, -0.2) is 0 Å². The van der Waals surface area contributed by atoms with Gasteiger partial charge in [0, 0.05) is 4.91 Å². The summed E-state index contributed by atoms with van der Waals surface area (Å²) in [6.07, 6.45) is 0. The Labute approximate surface area is 75.2 Å². The van der Waals surface area contributed by atoms with Crippen LogP contribution >= 0.6 is 0 Å². The van der Waals surface area contributed by atoms with E-state index in [4.69, 9.17) is 5.53 Å². The van der Waals surface area contributed by atoms with Gasteiger partial charge in [-0.1, -0.05) is 5.11 Å². The maximum absolute atomic E-state index is 11.5. The summed E-state index contributed by atoms with van der Waals surface area (Å²) < 4.78 is 57.9. The summed E-state index contributed by atoms with van der Waals surface area (Å²) in [4.78, 5) is 12.3. The standard InChI is InChI=1S/C3H2F3N3O4S/c4-3(5,6)14(11,12)13-2(10)1-8-9-7/h1H2. The van der Waals surface area contributed by atoms with Crippen molar-refractivity contribution in [1.82, 2.24) is 0 Å². The van der Waals surface area contributed by atoms with Crippen LogP contribution < -0.4 is 0 Å². The normalized spacial score (nSPS) is 11.6. The first-order valence-electron chi connectivity index (χ1n) is 2.75. The van der Waals surface area contributed by atoms with Gasteiger partial charge in [0.25, 0.3) is 0 Å². The molecule has 0 aliphatic rings. The number of halogens is 3. The molecular formula is C3H2F3N3O4S. The Kier molecular flexibility index (Phi) is 3.71. The smallest absolute Gasteiger partial charge is 0.339 e. The molecule has 14 heavy (non-hydrogen) atoms. The highest BCUT2D eigenvalue weighted by Gasteiger charge is 2.49. The molecule has 0 aromatic carbocycles. The summed E-state index contributed by atoms with van der Waals surface area (Å²) in [7, 11) is -5.96. The van der Waals surface area contributed by atoms with Crippen molar-refractivity contribution < 1.29 is 30.6 Å². The quantitative estimate of drug-likeness (QED) is 0.235. The van der Waals surface area contributed by atoms with Crippen LogP contribution in [-0.4, -0.2) is 26.4 Å². The molecule has 0 aliphatic heterocycles. The lowest BCUT2D eigenvalue weighted by atomic mass is 10.7. The number of carbonyl (C=O) groups is 1. The highest BCUT2D eigenvalue weighted by molar-refractivity contribution is 7.88. The topological polar surface area (TPSA) is 109 Å². The minimum absolute atomic E-state index is 1.13. The molecular weight excluding hydrogens is 231 g/mol. The molecule has 0 bridgehead atoms. The Balaban J connectivity index is 4.54. The lowest BCUT2D eigenvalue weighted by Gasteiger charge is -2.06. The van der Waals surface area contributed by atoms with Crippen LogP contribution in [0.4, 0.5) is 13.2 Å². The number of nitrogens with zero attached hydrogens (tertiary/aromatic N) is 3. The van der Waals surface area contributed by atoms with Gasteiger partial charge in [0.1, 0.15) is 6.54 Å². The molecule has 0 rings (SSSR count). The first-order chi connectivity index (χ1) is 6.20. The lowest BCUT2D eigenvalue weighted by Crippen LogP contribution is -2.28. The van der Waals surface area contributed by atoms with Gasteiger partial charge in [-0.05, 0) is 5.53 Å². The van der Waals surface area contributed by atoms with Gasteiger partial charge in [-0.15, -0.1) is 0 Å². The summed E-state index contributed by atoms with van der Waals surface area (Å²) in [5.74, 6) is -1.81. The molecule has 0 saturated carbocycles. The molecule has 0 aromatic rings. The summed E-state index contributed by atoms with van der Waals surface area (Å²) in [6, 6.07) is 0. The third-order valence-corrected chi connectivity index (χ3v) is 1.72. The van der Waals surface area contributed by atoms with E-state index in [1.807, 2.05) is 4.91 Å². The van der Waals surface area contributed by atoms with Crippen LogP contribution in [0.15, 0.2) is 5.11 Å². The average molecular weight is 233 g/mol. The van der Waals surface area contributed by atoms with E-state index in [1.54, 1.807) is 0 Å². The van der Waals surface area contributed by atoms with Gasteiger partial charge in [0.05, 0.1) is 0 Å². The zero-order valence-electron chi connectivity index (χ0n) is 6.22. The van der Waals surface area contributed by atoms with Crippen molar-refractivity contribution in [2.24, 2.45) is 5.11 Å². The van der Waals surface area contributed by atoms with E-state index in [2.05, 4.69) is 9.30 Å². The fraction of sp³-hybridized carbons (Fsp3) is 0.667. The molecule has 0 amide bonds. The Hall–Kier alpha value is -1.48. The third kappa shape index (κ3) is 3.49. The fourth-order valence-corrected chi connectivity index (χ4v) is 0.677. The molecule has 0 fully saturated rings. The van der Waals surface area contributed by atoms with E-state index < -0.39 is 28.1 Å². The van der Waals surface area contributed by atoms with Crippen LogP contribution in [-0.2, 0) is 19.1 Å². The minimum Gasteiger partial charge on any atom is -0.339 e. The van der Waals surface area contributed by atoms with Crippen molar-refractivity contribution in [2.75, 3.05) is 6.54 Å². The van der Waals surface area contributed by atoms with Crippen molar-refractivity contribution in [3.8, 4) is 0 Å². The number of azide groups is 1. The number of rotatable bonds is 3. The van der Waals surface area contributed by atoms with Crippen molar-refractivity contribution in [3.63, 3.8) is 0 Å². The van der Waals surface area contributed by atoms with Crippen molar-refractivity contribution in [3.05, 3.63) is 10.4 Å². The predicted molar refractivity (Wildman–Crippen MR) is 35.1 cm³/mol. The molecule has 0 spiro atoms. The van der Waals surface area contributed by atoms with Crippen LogP contribution in [0.5, 0.6) is 0 Å². The van der Waals surface area contributed by atoms with E-state index in [1.165, 1.54) is 0 Å².